The van der Waals surface area contributed by atoms with Crippen molar-refractivity contribution in [3.63, 3.8) is 0 Å². The quantitative estimate of drug-likeness (QED) is 0.459. The lowest BCUT2D eigenvalue weighted by atomic mass is 10.0. The predicted molar refractivity (Wildman–Crippen MR) is 135 cm³/mol. The van der Waals surface area contributed by atoms with Crippen LogP contribution in [0, 0.1) is 11.3 Å². The van der Waals surface area contributed by atoms with E-state index in [1.165, 1.54) is 0 Å². The van der Waals surface area contributed by atoms with Gasteiger partial charge in [-0.15, -0.1) is 11.3 Å². The van der Waals surface area contributed by atoms with Crippen molar-refractivity contribution in [2.24, 2.45) is 0 Å². The van der Waals surface area contributed by atoms with Gasteiger partial charge in [-0.1, -0.05) is 18.2 Å². The van der Waals surface area contributed by atoms with Crippen molar-refractivity contribution in [1.82, 2.24) is 15.0 Å². The minimum atomic E-state index is -3.36. The predicted octanol–water partition coefficient (Wildman–Crippen LogP) is 4.26. The van der Waals surface area contributed by atoms with Crippen molar-refractivity contribution in [3.8, 4) is 32.8 Å². The molecule has 0 fully saturated rings. The van der Waals surface area contributed by atoms with E-state index in [9.17, 15) is 13.7 Å². The second kappa shape index (κ2) is 10.2. The minimum absolute atomic E-state index is 0.0128. The normalized spacial score (nSPS) is 15.3. The Labute approximate surface area is 204 Å². The van der Waals surface area contributed by atoms with Crippen molar-refractivity contribution < 1.29 is 13.2 Å². The Morgan fingerprint density at radius 1 is 1.29 bits per heavy atom. The molecule has 1 aromatic heterocycles. The van der Waals surface area contributed by atoms with Crippen LogP contribution in [0.5, 0.6) is 5.75 Å². The molecule has 0 radical (unpaired) electrons. The molecule has 178 valence electrons. The third kappa shape index (κ3) is 5.31. The first-order chi connectivity index (χ1) is 16.3. The van der Waals surface area contributed by atoms with Crippen molar-refractivity contribution in [1.29, 1.82) is 5.26 Å². The van der Waals surface area contributed by atoms with E-state index in [1.54, 1.807) is 18.4 Å². The standard InChI is InChI=1S/C25H28N4O3S2/c1-16(2)32-23-10-7-17(13-18(23)14-26)25-28-15-24(33-25)21-6-4-5-20-19(21)8-9-22(20)29-34(30,31)12-11-27-3/h4-7,10,13,15-16,22,27,29H,8-9,11-12H2,1-3H3/t22-/m0/s1. The fourth-order valence-corrected chi connectivity index (χ4v) is 6.39. The van der Waals surface area contributed by atoms with Gasteiger partial charge in [-0.2, -0.15) is 5.26 Å². The number of fused-ring (bicyclic) bond motifs is 1. The van der Waals surface area contributed by atoms with Crippen LogP contribution < -0.4 is 14.8 Å². The lowest BCUT2D eigenvalue weighted by Gasteiger charge is -2.15. The summed E-state index contributed by atoms with van der Waals surface area (Å²) in [7, 11) is -1.62. The van der Waals surface area contributed by atoms with E-state index < -0.39 is 10.0 Å². The highest BCUT2D eigenvalue weighted by molar-refractivity contribution is 7.89. The summed E-state index contributed by atoms with van der Waals surface area (Å²) in [5, 5.41) is 13.3. The first kappa shape index (κ1) is 24.4. The van der Waals surface area contributed by atoms with E-state index in [-0.39, 0.29) is 17.9 Å². The molecule has 2 aromatic carbocycles. The molecule has 0 saturated heterocycles. The smallest absolute Gasteiger partial charge is 0.213 e. The summed E-state index contributed by atoms with van der Waals surface area (Å²) in [6, 6.07) is 13.6. The van der Waals surface area contributed by atoms with E-state index in [4.69, 9.17) is 4.74 Å². The molecular formula is C25H28N4O3S2. The molecule has 9 heteroatoms. The number of sulfonamides is 1. The van der Waals surface area contributed by atoms with E-state index >= 15 is 0 Å². The molecule has 0 aliphatic heterocycles. The molecule has 1 aliphatic rings. The van der Waals surface area contributed by atoms with E-state index in [2.05, 4.69) is 27.2 Å². The number of ether oxygens (including phenoxy) is 1. The monoisotopic (exact) mass is 496 g/mol. The molecule has 1 atom stereocenters. The van der Waals surface area contributed by atoms with Crippen LogP contribution in [0.25, 0.3) is 21.0 Å². The largest absolute Gasteiger partial charge is 0.490 e. The van der Waals surface area contributed by atoms with Crippen molar-refractivity contribution >= 4 is 21.4 Å². The Morgan fingerprint density at radius 3 is 2.85 bits per heavy atom. The van der Waals surface area contributed by atoms with E-state index in [0.29, 0.717) is 17.9 Å². The second-order valence-corrected chi connectivity index (χ2v) is 11.4. The number of thiazole rings is 1. The van der Waals surface area contributed by atoms with Crippen LogP contribution in [0.15, 0.2) is 42.6 Å². The summed E-state index contributed by atoms with van der Waals surface area (Å²) in [5.74, 6) is 0.626. The maximum absolute atomic E-state index is 12.4. The molecule has 2 N–H and O–H groups in total. The number of hydrogen-bond donors (Lipinski definition) is 2. The zero-order chi connectivity index (χ0) is 24.3. The van der Waals surface area contributed by atoms with Crippen LogP contribution >= 0.6 is 11.3 Å². The molecule has 4 rings (SSSR count). The second-order valence-electron chi connectivity index (χ2n) is 8.52. The molecule has 34 heavy (non-hydrogen) atoms. The average molecular weight is 497 g/mol. The summed E-state index contributed by atoms with van der Waals surface area (Å²) < 4.78 is 33.4. The number of hydrogen-bond acceptors (Lipinski definition) is 7. The van der Waals surface area contributed by atoms with Crippen LogP contribution in [0.1, 0.15) is 43.0 Å². The van der Waals surface area contributed by atoms with E-state index in [1.807, 2.05) is 50.4 Å². The summed E-state index contributed by atoms with van der Waals surface area (Å²) in [5.41, 5.74) is 4.63. The summed E-state index contributed by atoms with van der Waals surface area (Å²) in [4.78, 5) is 5.64. The molecule has 0 unspecified atom stereocenters. The van der Waals surface area contributed by atoms with Crippen LogP contribution in [-0.4, -0.2) is 38.9 Å². The third-order valence-electron chi connectivity index (χ3n) is 5.69. The van der Waals surface area contributed by atoms with Gasteiger partial charge >= 0.3 is 0 Å². The number of aromatic nitrogens is 1. The van der Waals surface area contributed by atoms with Gasteiger partial charge in [0.05, 0.1) is 22.3 Å². The fourth-order valence-electron chi connectivity index (χ4n) is 4.16. The number of nitrogens with one attached hydrogen (secondary N) is 2. The highest BCUT2D eigenvalue weighted by Gasteiger charge is 2.28. The molecule has 7 nitrogen and oxygen atoms in total. The van der Waals surface area contributed by atoms with Crippen molar-refractivity contribution in [3.05, 3.63) is 59.3 Å². The zero-order valence-electron chi connectivity index (χ0n) is 19.5. The summed E-state index contributed by atoms with van der Waals surface area (Å²) >= 11 is 1.56. The van der Waals surface area contributed by atoms with Gasteiger partial charge in [0.1, 0.15) is 16.8 Å². The van der Waals surface area contributed by atoms with Crippen LogP contribution in [0.3, 0.4) is 0 Å². The Balaban J connectivity index is 1.60. The lowest BCUT2D eigenvalue weighted by molar-refractivity contribution is 0.242. The highest BCUT2D eigenvalue weighted by atomic mass is 32.2. The SMILES string of the molecule is CNCCS(=O)(=O)N[C@H]1CCc2c(-c3cnc(-c4ccc(OC(C)C)c(C#N)c4)s3)cccc21. The van der Waals surface area contributed by atoms with Gasteiger partial charge in [-0.3, -0.25) is 0 Å². The third-order valence-corrected chi connectivity index (χ3v) is 8.16. The number of nitrogens with zero attached hydrogens (tertiary/aromatic N) is 2. The Hall–Kier alpha value is -2.77. The van der Waals surface area contributed by atoms with Crippen LogP contribution in [-0.2, 0) is 16.4 Å². The Bertz CT molecular complexity index is 1330. The molecule has 1 heterocycles. The zero-order valence-corrected chi connectivity index (χ0v) is 21.1. The van der Waals surface area contributed by atoms with E-state index in [0.717, 1.165) is 45.0 Å². The summed E-state index contributed by atoms with van der Waals surface area (Å²) in [6.45, 7) is 4.27. The van der Waals surface area contributed by atoms with Gasteiger partial charge < -0.3 is 10.1 Å². The maximum Gasteiger partial charge on any atom is 0.213 e. The Kier molecular flexibility index (Phi) is 7.33. The molecule has 0 bridgehead atoms. The topological polar surface area (TPSA) is 104 Å². The van der Waals surface area contributed by atoms with Crippen molar-refractivity contribution in [2.45, 2.75) is 38.8 Å². The van der Waals surface area contributed by atoms with Crippen molar-refractivity contribution in [2.75, 3.05) is 19.3 Å². The first-order valence-corrected chi connectivity index (χ1v) is 13.7. The van der Waals surface area contributed by atoms with Gasteiger partial charge in [0.2, 0.25) is 10.0 Å². The van der Waals surface area contributed by atoms with Crippen LogP contribution in [0.4, 0.5) is 0 Å². The first-order valence-electron chi connectivity index (χ1n) is 11.2. The lowest BCUT2D eigenvalue weighted by Crippen LogP contribution is -2.33. The highest BCUT2D eigenvalue weighted by Crippen LogP contribution is 2.41. The maximum atomic E-state index is 12.4. The van der Waals surface area contributed by atoms with Gasteiger partial charge in [0.15, 0.2) is 0 Å². The van der Waals surface area contributed by atoms with Gasteiger partial charge in [0.25, 0.3) is 0 Å². The van der Waals surface area contributed by atoms with Gasteiger partial charge in [-0.05, 0) is 68.6 Å². The number of rotatable bonds is 9. The van der Waals surface area contributed by atoms with Crippen LogP contribution in [0.2, 0.25) is 0 Å². The fraction of sp³-hybridized carbons (Fsp3) is 0.360. The molecule has 3 aromatic rings. The molecular weight excluding hydrogens is 468 g/mol. The molecule has 0 spiro atoms. The molecule has 1 aliphatic carbocycles. The average Bonchev–Trinajstić information content (AvgIpc) is 3.45. The Morgan fingerprint density at radius 2 is 2.12 bits per heavy atom. The molecule has 0 amide bonds. The minimum Gasteiger partial charge on any atom is -0.490 e. The summed E-state index contributed by atoms with van der Waals surface area (Å²) in [6.07, 6.45) is 3.38. The number of nitriles is 1. The molecule has 0 saturated carbocycles. The van der Waals surface area contributed by atoms with Gasteiger partial charge in [-0.25, -0.2) is 18.1 Å². The van der Waals surface area contributed by atoms with Gasteiger partial charge in [0, 0.05) is 24.3 Å². The number of benzene rings is 2.